The largest absolute Gasteiger partial charge is 0.379 e. The topological polar surface area (TPSA) is 27.7 Å². The van der Waals surface area contributed by atoms with Crippen LogP contribution < -0.4 is 0 Å². The summed E-state index contributed by atoms with van der Waals surface area (Å²) in [5.74, 6) is 1.99. The third kappa shape index (κ3) is 7.43. The van der Waals surface area contributed by atoms with Gasteiger partial charge in [-0.2, -0.15) is 0 Å². The van der Waals surface area contributed by atoms with E-state index < -0.39 is 0 Å². The van der Waals surface area contributed by atoms with Crippen molar-refractivity contribution in [2.45, 2.75) is 72.3 Å². The van der Waals surface area contributed by atoms with Crippen molar-refractivity contribution < 1.29 is 14.2 Å². The molecule has 0 N–H and O–H groups in total. The highest BCUT2D eigenvalue weighted by atomic mass is 16.5. The molecule has 3 nitrogen and oxygen atoms in total. The molecular weight excluding hydrogens is 276 g/mol. The second kappa shape index (κ2) is 10.6. The third-order valence-corrected chi connectivity index (χ3v) is 4.69. The molecule has 1 aliphatic carbocycles. The summed E-state index contributed by atoms with van der Waals surface area (Å²) >= 11 is 0. The lowest BCUT2D eigenvalue weighted by molar-refractivity contribution is -0.115. The van der Waals surface area contributed by atoms with E-state index in [0.717, 1.165) is 32.2 Å². The van der Waals surface area contributed by atoms with Gasteiger partial charge in [-0.1, -0.05) is 47.5 Å². The lowest BCUT2D eigenvalue weighted by Gasteiger charge is -2.43. The fourth-order valence-electron chi connectivity index (χ4n) is 3.34. The van der Waals surface area contributed by atoms with Gasteiger partial charge in [0.15, 0.2) is 0 Å². The quantitative estimate of drug-likeness (QED) is 0.518. The molecule has 0 radical (unpaired) electrons. The standard InChI is InChI=1S/C19H38O3/c1-16(2)15-21-13-12-20-10-7-11-22-19(17(3)4)9-6-8-18(5)14-19/h16-18H,6-15H2,1-5H3. The van der Waals surface area contributed by atoms with Gasteiger partial charge in [0.2, 0.25) is 0 Å². The molecule has 1 rings (SSSR count). The van der Waals surface area contributed by atoms with Crippen LogP contribution in [0.2, 0.25) is 0 Å². The molecule has 0 aliphatic heterocycles. The fourth-order valence-corrected chi connectivity index (χ4v) is 3.34. The minimum Gasteiger partial charge on any atom is -0.379 e. The highest BCUT2D eigenvalue weighted by molar-refractivity contribution is 4.89. The molecule has 2 unspecified atom stereocenters. The highest BCUT2D eigenvalue weighted by Crippen LogP contribution is 2.40. The van der Waals surface area contributed by atoms with Gasteiger partial charge < -0.3 is 14.2 Å². The molecule has 0 saturated heterocycles. The Morgan fingerprint density at radius 3 is 2.36 bits per heavy atom. The maximum Gasteiger partial charge on any atom is 0.0707 e. The fraction of sp³-hybridized carbons (Fsp3) is 1.00. The Hall–Kier alpha value is -0.120. The summed E-state index contributed by atoms with van der Waals surface area (Å²) in [7, 11) is 0. The Morgan fingerprint density at radius 2 is 1.73 bits per heavy atom. The summed E-state index contributed by atoms with van der Waals surface area (Å²) in [6, 6.07) is 0. The van der Waals surface area contributed by atoms with Crippen LogP contribution in [0.5, 0.6) is 0 Å². The van der Waals surface area contributed by atoms with E-state index in [0.29, 0.717) is 25.0 Å². The van der Waals surface area contributed by atoms with Gasteiger partial charge in [0.05, 0.1) is 18.8 Å². The maximum absolute atomic E-state index is 6.35. The van der Waals surface area contributed by atoms with Gasteiger partial charge >= 0.3 is 0 Å². The molecule has 0 bridgehead atoms. The molecule has 0 aromatic heterocycles. The SMILES string of the molecule is CC(C)COCCOCCCOC1(C(C)C)CCCC(C)C1. The predicted octanol–water partition coefficient (Wildman–Crippen LogP) is 4.69. The second-order valence-corrected chi connectivity index (χ2v) is 7.70. The normalized spacial score (nSPS) is 26.0. The summed E-state index contributed by atoms with van der Waals surface area (Å²) in [6.45, 7) is 15.1. The zero-order valence-corrected chi connectivity index (χ0v) is 15.5. The number of ether oxygens (including phenoxy) is 3. The van der Waals surface area contributed by atoms with Crippen molar-refractivity contribution in [1.29, 1.82) is 0 Å². The molecule has 1 saturated carbocycles. The van der Waals surface area contributed by atoms with Crippen molar-refractivity contribution in [3.63, 3.8) is 0 Å². The molecule has 1 aliphatic rings. The minimum absolute atomic E-state index is 0.109. The summed E-state index contributed by atoms with van der Waals surface area (Å²) in [5, 5.41) is 0. The molecule has 0 amide bonds. The van der Waals surface area contributed by atoms with E-state index in [1.807, 2.05) is 0 Å². The van der Waals surface area contributed by atoms with Crippen molar-refractivity contribution >= 4 is 0 Å². The average molecular weight is 315 g/mol. The molecular formula is C19H38O3. The lowest BCUT2D eigenvalue weighted by Crippen LogP contribution is -2.43. The first-order chi connectivity index (χ1) is 10.5. The van der Waals surface area contributed by atoms with Crippen molar-refractivity contribution in [1.82, 2.24) is 0 Å². The van der Waals surface area contributed by atoms with E-state index in [1.165, 1.54) is 25.7 Å². The third-order valence-electron chi connectivity index (χ3n) is 4.69. The summed E-state index contributed by atoms with van der Waals surface area (Å²) in [5.41, 5.74) is 0.109. The van der Waals surface area contributed by atoms with Crippen molar-refractivity contribution in [3.8, 4) is 0 Å². The summed E-state index contributed by atoms with van der Waals surface area (Å²) in [6.07, 6.45) is 6.08. The van der Waals surface area contributed by atoms with Gasteiger partial charge in [0.25, 0.3) is 0 Å². The molecule has 3 heteroatoms. The van der Waals surface area contributed by atoms with Gasteiger partial charge in [0.1, 0.15) is 0 Å². The van der Waals surface area contributed by atoms with E-state index in [1.54, 1.807) is 0 Å². The van der Waals surface area contributed by atoms with Crippen LogP contribution in [-0.4, -0.2) is 38.6 Å². The molecule has 0 spiro atoms. The molecule has 0 heterocycles. The van der Waals surface area contributed by atoms with E-state index in [2.05, 4.69) is 34.6 Å². The van der Waals surface area contributed by atoms with Crippen LogP contribution in [0.1, 0.15) is 66.7 Å². The molecule has 2 atom stereocenters. The summed E-state index contributed by atoms with van der Waals surface area (Å²) < 4.78 is 17.5. The Labute approximate surface area is 138 Å². The summed E-state index contributed by atoms with van der Waals surface area (Å²) in [4.78, 5) is 0. The van der Waals surface area contributed by atoms with Gasteiger partial charge in [0, 0.05) is 19.8 Å². The molecule has 0 aromatic rings. The Balaban J connectivity index is 2.09. The minimum atomic E-state index is 0.109. The van der Waals surface area contributed by atoms with E-state index >= 15 is 0 Å². The van der Waals surface area contributed by atoms with E-state index in [9.17, 15) is 0 Å². The molecule has 22 heavy (non-hydrogen) atoms. The lowest BCUT2D eigenvalue weighted by atomic mass is 9.73. The average Bonchev–Trinajstić information content (AvgIpc) is 2.45. The van der Waals surface area contributed by atoms with Crippen LogP contribution in [0.3, 0.4) is 0 Å². The van der Waals surface area contributed by atoms with Gasteiger partial charge in [-0.15, -0.1) is 0 Å². The van der Waals surface area contributed by atoms with Crippen LogP contribution in [0.15, 0.2) is 0 Å². The van der Waals surface area contributed by atoms with Crippen LogP contribution in [-0.2, 0) is 14.2 Å². The van der Waals surface area contributed by atoms with Crippen molar-refractivity contribution in [2.24, 2.45) is 17.8 Å². The van der Waals surface area contributed by atoms with Crippen LogP contribution in [0.4, 0.5) is 0 Å². The van der Waals surface area contributed by atoms with Gasteiger partial charge in [-0.3, -0.25) is 0 Å². The number of hydrogen-bond donors (Lipinski definition) is 0. The van der Waals surface area contributed by atoms with Gasteiger partial charge in [-0.05, 0) is 37.0 Å². The first-order valence-corrected chi connectivity index (χ1v) is 9.25. The van der Waals surface area contributed by atoms with E-state index in [4.69, 9.17) is 14.2 Å². The van der Waals surface area contributed by atoms with Crippen LogP contribution in [0.25, 0.3) is 0 Å². The Morgan fingerprint density at radius 1 is 1.00 bits per heavy atom. The Kier molecular flexibility index (Phi) is 9.62. The zero-order valence-electron chi connectivity index (χ0n) is 15.5. The smallest absolute Gasteiger partial charge is 0.0707 e. The molecule has 0 aromatic carbocycles. The van der Waals surface area contributed by atoms with Crippen molar-refractivity contribution in [2.75, 3.05) is 33.0 Å². The van der Waals surface area contributed by atoms with Crippen LogP contribution >= 0.6 is 0 Å². The van der Waals surface area contributed by atoms with Crippen LogP contribution in [0, 0.1) is 17.8 Å². The first-order valence-electron chi connectivity index (χ1n) is 9.25. The first kappa shape index (κ1) is 19.9. The molecule has 132 valence electrons. The predicted molar refractivity (Wildman–Crippen MR) is 92.2 cm³/mol. The highest BCUT2D eigenvalue weighted by Gasteiger charge is 2.38. The number of hydrogen-bond acceptors (Lipinski definition) is 3. The zero-order chi connectivity index (χ0) is 16.4. The number of rotatable bonds is 11. The van der Waals surface area contributed by atoms with Crippen molar-refractivity contribution in [3.05, 3.63) is 0 Å². The molecule has 1 fully saturated rings. The van der Waals surface area contributed by atoms with Gasteiger partial charge in [-0.25, -0.2) is 0 Å². The second-order valence-electron chi connectivity index (χ2n) is 7.70. The monoisotopic (exact) mass is 314 g/mol. The maximum atomic E-state index is 6.35. The Bertz CT molecular complexity index is 278. The van der Waals surface area contributed by atoms with E-state index in [-0.39, 0.29) is 5.60 Å².